The predicted molar refractivity (Wildman–Crippen MR) is 156 cm³/mol. The van der Waals surface area contributed by atoms with E-state index in [1.54, 1.807) is 0 Å². The number of rotatable bonds is 2. The van der Waals surface area contributed by atoms with Crippen molar-refractivity contribution in [2.24, 2.45) is 21.7 Å². The van der Waals surface area contributed by atoms with Gasteiger partial charge in [-0.15, -0.1) is 0 Å². The Morgan fingerprint density at radius 2 is 0.485 bits per heavy atom. The number of benzene rings is 2. The van der Waals surface area contributed by atoms with E-state index in [1.807, 2.05) is 0 Å². The molecule has 192 valence electrons. The molecule has 0 radical (unpaired) electrons. The summed E-state index contributed by atoms with van der Waals surface area (Å²) in [5, 5.41) is 0. The van der Waals surface area contributed by atoms with E-state index < -0.39 is 0 Å². The maximum absolute atomic E-state index is 2.19. The second kappa shape index (κ2) is 17.0. The number of hydrogen-bond acceptors (Lipinski definition) is 0. The van der Waals surface area contributed by atoms with Gasteiger partial charge in [-0.1, -0.05) is 171 Å². The van der Waals surface area contributed by atoms with Crippen molar-refractivity contribution in [3.05, 3.63) is 71.8 Å². The van der Waals surface area contributed by atoms with Crippen LogP contribution < -0.4 is 0 Å². The van der Waals surface area contributed by atoms with Crippen LogP contribution in [0, 0.1) is 21.7 Å². The lowest BCUT2D eigenvalue weighted by molar-refractivity contribution is 0.469. The smallest absolute Gasteiger partial charge is 0.00258 e. The Balaban J connectivity index is -0.000000381. The van der Waals surface area contributed by atoms with Gasteiger partial charge in [0.15, 0.2) is 0 Å². The third-order valence-electron chi connectivity index (χ3n) is 2.09. The van der Waals surface area contributed by atoms with E-state index in [0.717, 1.165) is 6.42 Å². The van der Waals surface area contributed by atoms with Crippen molar-refractivity contribution in [3.8, 4) is 0 Å². The lowest BCUT2D eigenvalue weighted by Gasteiger charge is -2.05. The van der Waals surface area contributed by atoms with Gasteiger partial charge in [0.05, 0.1) is 0 Å². The Bertz CT molecular complexity index is 541. The maximum atomic E-state index is 2.19. The first-order valence-corrected chi connectivity index (χ1v) is 12.5. The Kier molecular flexibility index (Phi) is 18.5. The van der Waals surface area contributed by atoms with Crippen molar-refractivity contribution in [2.75, 3.05) is 0 Å². The molecule has 0 fully saturated rings. The molecule has 0 aliphatic rings. The molecule has 0 unspecified atom stereocenters. The molecular formula is C33H60. The summed E-state index contributed by atoms with van der Waals surface area (Å²) in [7, 11) is 0. The van der Waals surface area contributed by atoms with E-state index in [0.29, 0.717) is 21.7 Å². The van der Waals surface area contributed by atoms with E-state index in [9.17, 15) is 0 Å². The molecule has 0 aliphatic heterocycles. The van der Waals surface area contributed by atoms with Crippen LogP contribution in [0.1, 0.15) is 122 Å². The molecule has 0 aromatic heterocycles. The summed E-state index contributed by atoms with van der Waals surface area (Å²) >= 11 is 0. The average Bonchev–Trinajstić information content (AvgIpc) is 2.50. The molecule has 0 N–H and O–H groups in total. The van der Waals surface area contributed by atoms with Gasteiger partial charge in [-0.05, 0) is 39.2 Å². The summed E-state index contributed by atoms with van der Waals surface area (Å²) in [6, 6.07) is 21.1. The van der Waals surface area contributed by atoms with Crippen LogP contribution in [0.5, 0.6) is 0 Å². The molecule has 33 heavy (non-hydrogen) atoms. The van der Waals surface area contributed by atoms with E-state index in [2.05, 4.69) is 171 Å². The van der Waals surface area contributed by atoms with E-state index in [4.69, 9.17) is 0 Å². The Morgan fingerprint density at radius 1 is 0.333 bits per heavy atom. The van der Waals surface area contributed by atoms with Gasteiger partial charge < -0.3 is 0 Å². The summed E-state index contributed by atoms with van der Waals surface area (Å²) in [5.74, 6) is 0. The summed E-state index contributed by atoms with van der Waals surface area (Å²) in [4.78, 5) is 0. The fourth-order valence-corrected chi connectivity index (χ4v) is 1.43. The first kappa shape index (κ1) is 36.0. The lowest BCUT2D eigenvalue weighted by atomic mass is 10.0. The molecule has 0 nitrogen and oxygen atoms in total. The highest BCUT2D eigenvalue weighted by Gasteiger charge is 1.97. The van der Waals surface area contributed by atoms with Crippen molar-refractivity contribution in [1.82, 2.24) is 0 Å². The molecule has 0 atom stereocenters. The zero-order valence-electron chi connectivity index (χ0n) is 25.5. The molecule has 0 heterocycles. The molecule has 0 saturated carbocycles. The molecule has 2 aromatic rings. The van der Waals surface area contributed by atoms with Gasteiger partial charge in [-0.25, -0.2) is 0 Å². The minimum Gasteiger partial charge on any atom is -0.0622 e. The number of hydrogen-bond donors (Lipinski definition) is 0. The quantitative estimate of drug-likeness (QED) is 0.421. The van der Waals surface area contributed by atoms with Crippen LogP contribution in [0.3, 0.4) is 0 Å². The van der Waals surface area contributed by atoms with E-state index >= 15 is 0 Å². The van der Waals surface area contributed by atoms with Gasteiger partial charge in [-0.2, -0.15) is 0 Å². The molecule has 0 bridgehead atoms. The normalized spacial score (nSPS) is 11.2. The molecule has 0 spiro atoms. The van der Waals surface area contributed by atoms with Crippen LogP contribution >= 0.6 is 0 Å². The van der Waals surface area contributed by atoms with Crippen molar-refractivity contribution < 1.29 is 0 Å². The molecular weight excluding hydrogens is 396 g/mol. The van der Waals surface area contributed by atoms with Crippen molar-refractivity contribution >= 4 is 0 Å². The maximum Gasteiger partial charge on any atom is -0.00258 e. The molecule has 0 heteroatoms. The van der Waals surface area contributed by atoms with Crippen LogP contribution in [-0.4, -0.2) is 0 Å². The second-order valence-electron chi connectivity index (χ2n) is 15.1. The van der Waals surface area contributed by atoms with Crippen LogP contribution in [0.15, 0.2) is 60.7 Å². The fourth-order valence-electron chi connectivity index (χ4n) is 1.43. The predicted octanol–water partition coefficient (Wildman–Crippen LogP) is 11.5. The molecule has 2 aromatic carbocycles. The SMILES string of the molecule is CC(C)(C)C.CC(C)(C)C.CC(C)(C)C.CC(C)(C)C.c1ccc(Cc2ccccc2)cc1. The minimum absolute atomic E-state index is 0.500. The molecule has 0 saturated heterocycles. The third kappa shape index (κ3) is 72.4. The highest BCUT2D eigenvalue weighted by Crippen LogP contribution is 2.10. The van der Waals surface area contributed by atoms with Gasteiger partial charge in [0.25, 0.3) is 0 Å². The zero-order chi connectivity index (χ0) is 26.9. The van der Waals surface area contributed by atoms with Crippen molar-refractivity contribution in [3.63, 3.8) is 0 Å². The van der Waals surface area contributed by atoms with Gasteiger partial charge in [0.2, 0.25) is 0 Å². The Labute approximate surface area is 210 Å². The lowest BCUT2D eigenvalue weighted by Crippen LogP contribution is -1.93. The monoisotopic (exact) mass is 456 g/mol. The van der Waals surface area contributed by atoms with Crippen LogP contribution in [0.4, 0.5) is 0 Å². The van der Waals surface area contributed by atoms with Gasteiger partial charge >= 0.3 is 0 Å². The largest absolute Gasteiger partial charge is 0.0622 e. The van der Waals surface area contributed by atoms with Crippen molar-refractivity contribution in [1.29, 1.82) is 0 Å². The van der Waals surface area contributed by atoms with E-state index in [1.165, 1.54) is 11.1 Å². The minimum atomic E-state index is 0.500. The fraction of sp³-hybridized carbons (Fsp3) is 0.636. The zero-order valence-corrected chi connectivity index (χ0v) is 25.5. The highest BCUT2D eigenvalue weighted by molar-refractivity contribution is 5.25. The van der Waals surface area contributed by atoms with Crippen LogP contribution in [0.2, 0.25) is 0 Å². The van der Waals surface area contributed by atoms with Gasteiger partial charge in [0.1, 0.15) is 0 Å². The second-order valence-corrected chi connectivity index (χ2v) is 15.1. The molecule has 0 amide bonds. The first-order chi connectivity index (χ1) is 14.4. The Hall–Kier alpha value is -1.56. The first-order valence-electron chi connectivity index (χ1n) is 12.5. The summed E-state index contributed by atoms with van der Waals surface area (Å²) in [5.41, 5.74) is 4.74. The molecule has 2 rings (SSSR count). The van der Waals surface area contributed by atoms with Gasteiger partial charge in [0, 0.05) is 0 Å². The van der Waals surface area contributed by atoms with E-state index in [-0.39, 0.29) is 0 Å². The van der Waals surface area contributed by atoms with Crippen molar-refractivity contribution in [2.45, 2.75) is 117 Å². The van der Waals surface area contributed by atoms with Crippen LogP contribution in [-0.2, 0) is 6.42 Å². The topological polar surface area (TPSA) is 0 Å². The third-order valence-corrected chi connectivity index (χ3v) is 2.09. The standard InChI is InChI=1S/C13H12.4C5H12/c1-3-7-12(8-4-1)11-13-9-5-2-6-10-13;4*1-5(2,3)4/h1-10H,11H2;4*1-4H3. The summed E-state index contributed by atoms with van der Waals surface area (Å²) in [6.45, 7) is 35.0. The van der Waals surface area contributed by atoms with Crippen LogP contribution in [0.25, 0.3) is 0 Å². The summed E-state index contributed by atoms with van der Waals surface area (Å²) < 4.78 is 0. The highest BCUT2D eigenvalue weighted by atomic mass is 14.0. The molecule has 0 aliphatic carbocycles. The summed E-state index contributed by atoms with van der Waals surface area (Å²) in [6.07, 6.45) is 1.03. The Morgan fingerprint density at radius 3 is 0.636 bits per heavy atom. The van der Waals surface area contributed by atoms with Gasteiger partial charge in [-0.3, -0.25) is 0 Å². The average molecular weight is 457 g/mol.